The Labute approximate surface area is 120 Å². The summed E-state index contributed by atoms with van der Waals surface area (Å²) in [4.78, 5) is 11.4. The lowest BCUT2D eigenvalue weighted by Crippen LogP contribution is -2.07. The highest BCUT2D eigenvalue weighted by atomic mass is 14.8. The van der Waals surface area contributed by atoms with Gasteiger partial charge in [0.2, 0.25) is 0 Å². The Bertz CT molecular complexity index is 528. The van der Waals surface area contributed by atoms with Gasteiger partial charge in [-0.05, 0) is 37.1 Å². The molecule has 3 heteroatoms. The van der Waals surface area contributed by atoms with Gasteiger partial charge in [0.25, 0.3) is 0 Å². The third-order valence-corrected chi connectivity index (χ3v) is 4.10. The van der Waals surface area contributed by atoms with Crippen molar-refractivity contribution in [2.24, 2.45) is 4.99 Å². The standard InChI is InChI=1S/C17H23N3/c1-2-4-7-14(8-5-3-1)19-13-15-10-11-17(20-15)16-9-6-12-18-16/h6,9-14,18,20H,1-5,7-8H2. The van der Waals surface area contributed by atoms with Crippen molar-refractivity contribution in [1.29, 1.82) is 0 Å². The molecule has 0 radical (unpaired) electrons. The van der Waals surface area contributed by atoms with Crippen molar-refractivity contribution in [2.45, 2.75) is 51.0 Å². The second kappa shape index (κ2) is 6.60. The molecule has 0 aliphatic heterocycles. The van der Waals surface area contributed by atoms with Gasteiger partial charge >= 0.3 is 0 Å². The van der Waals surface area contributed by atoms with Crippen LogP contribution in [0.2, 0.25) is 0 Å². The van der Waals surface area contributed by atoms with E-state index < -0.39 is 0 Å². The number of aliphatic imine (C=N–C) groups is 1. The fourth-order valence-electron chi connectivity index (χ4n) is 2.91. The van der Waals surface area contributed by atoms with Gasteiger partial charge in [-0.1, -0.05) is 32.1 Å². The molecule has 0 spiro atoms. The van der Waals surface area contributed by atoms with E-state index in [0.29, 0.717) is 6.04 Å². The van der Waals surface area contributed by atoms with Crippen LogP contribution in [0.25, 0.3) is 11.4 Å². The van der Waals surface area contributed by atoms with E-state index in [1.54, 1.807) is 0 Å². The first kappa shape index (κ1) is 13.2. The lowest BCUT2D eigenvalue weighted by atomic mass is 9.97. The molecule has 0 bridgehead atoms. The molecule has 0 aromatic carbocycles. The van der Waals surface area contributed by atoms with Gasteiger partial charge in [0.05, 0.1) is 23.1 Å². The van der Waals surface area contributed by atoms with Crippen molar-refractivity contribution < 1.29 is 0 Å². The second-order valence-corrected chi connectivity index (χ2v) is 5.69. The SMILES string of the molecule is C(=NC1CCCCCCC1)c1ccc(-c2ccc[nH]2)[nH]1. The van der Waals surface area contributed by atoms with Gasteiger partial charge in [0.1, 0.15) is 0 Å². The average molecular weight is 269 g/mol. The maximum atomic E-state index is 4.78. The van der Waals surface area contributed by atoms with Crippen molar-refractivity contribution in [3.05, 3.63) is 36.2 Å². The summed E-state index contributed by atoms with van der Waals surface area (Å²) >= 11 is 0. The summed E-state index contributed by atoms with van der Waals surface area (Å²) in [5.41, 5.74) is 3.33. The van der Waals surface area contributed by atoms with E-state index >= 15 is 0 Å². The summed E-state index contributed by atoms with van der Waals surface area (Å²) in [5, 5.41) is 0. The number of aromatic amines is 2. The summed E-state index contributed by atoms with van der Waals surface area (Å²) < 4.78 is 0. The predicted octanol–water partition coefficient (Wildman–Crippen LogP) is 4.54. The number of nitrogens with zero attached hydrogens (tertiary/aromatic N) is 1. The van der Waals surface area contributed by atoms with Crippen molar-refractivity contribution >= 4 is 6.21 Å². The van der Waals surface area contributed by atoms with Crippen LogP contribution in [-0.4, -0.2) is 22.2 Å². The molecule has 3 nitrogen and oxygen atoms in total. The van der Waals surface area contributed by atoms with E-state index in [1.807, 2.05) is 18.5 Å². The van der Waals surface area contributed by atoms with Crippen LogP contribution in [-0.2, 0) is 0 Å². The molecule has 0 amide bonds. The van der Waals surface area contributed by atoms with Crippen molar-refractivity contribution in [3.8, 4) is 11.4 Å². The molecule has 20 heavy (non-hydrogen) atoms. The van der Waals surface area contributed by atoms with Gasteiger partial charge in [-0.2, -0.15) is 0 Å². The number of rotatable bonds is 3. The number of aromatic nitrogens is 2. The number of hydrogen-bond donors (Lipinski definition) is 2. The second-order valence-electron chi connectivity index (χ2n) is 5.69. The maximum absolute atomic E-state index is 4.78. The number of hydrogen-bond acceptors (Lipinski definition) is 1. The molecule has 2 aromatic heterocycles. The van der Waals surface area contributed by atoms with Crippen LogP contribution in [0.15, 0.2) is 35.5 Å². The Kier molecular flexibility index (Phi) is 4.36. The molecule has 2 N–H and O–H groups in total. The highest BCUT2D eigenvalue weighted by Gasteiger charge is 2.09. The molecular weight excluding hydrogens is 246 g/mol. The van der Waals surface area contributed by atoms with Gasteiger partial charge in [-0.25, -0.2) is 0 Å². The van der Waals surface area contributed by atoms with Gasteiger partial charge in [-0.3, -0.25) is 4.99 Å². The summed E-state index contributed by atoms with van der Waals surface area (Å²) in [6.07, 6.45) is 13.3. The van der Waals surface area contributed by atoms with E-state index in [0.717, 1.165) is 17.1 Å². The normalized spacial score (nSPS) is 18.2. The fraction of sp³-hybridized carbons (Fsp3) is 0.471. The quantitative estimate of drug-likeness (QED) is 0.768. The average Bonchev–Trinajstić information content (AvgIpc) is 3.08. The molecule has 1 fully saturated rings. The molecule has 0 atom stereocenters. The fourth-order valence-corrected chi connectivity index (χ4v) is 2.91. The Morgan fingerprint density at radius 2 is 1.75 bits per heavy atom. The zero-order valence-corrected chi connectivity index (χ0v) is 11.9. The number of H-pyrrole nitrogens is 2. The lowest BCUT2D eigenvalue weighted by Gasteiger charge is -2.15. The van der Waals surface area contributed by atoms with E-state index in [-0.39, 0.29) is 0 Å². The monoisotopic (exact) mass is 269 g/mol. The first-order valence-corrected chi connectivity index (χ1v) is 7.78. The first-order chi connectivity index (χ1) is 9.92. The Morgan fingerprint density at radius 1 is 0.950 bits per heavy atom. The molecule has 2 heterocycles. The third-order valence-electron chi connectivity index (χ3n) is 4.10. The Hall–Kier alpha value is -1.77. The number of nitrogens with one attached hydrogen (secondary N) is 2. The summed E-state index contributed by atoms with van der Waals surface area (Å²) in [5.74, 6) is 0. The van der Waals surface area contributed by atoms with Gasteiger partial charge < -0.3 is 9.97 Å². The van der Waals surface area contributed by atoms with Crippen LogP contribution < -0.4 is 0 Å². The Balaban J connectivity index is 1.63. The molecule has 1 saturated carbocycles. The minimum absolute atomic E-state index is 0.521. The molecule has 0 saturated heterocycles. The topological polar surface area (TPSA) is 43.9 Å². The van der Waals surface area contributed by atoms with E-state index in [2.05, 4.69) is 28.2 Å². The zero-order chi connectivity index (χ0) is 13.6. The molecule has 106 valence electrons. The first-order valence-electron chi connectivity index (χ1n) is 7.78. The summed E-state index contributed by atoms with van der Waals surface area (Å²) in [6, 6.07) is 8.81. The maximum Gasteiger partial charge on any atom is 0.0624 e. The molecular formula is C17H23N3. The summed E-state index contributed by atoms with van der Waals surface area (Å²) in [7, 11) is 0. The van der Waals surface area contributed by atoms with Crippen LogP contribution in [0.3, 0.4) is 0 Å². The minimum Gasteiger partial charge on any atom is -0.360 e. The van der Waals surface area contributed by atoms with Crippen molar-refractivity contribution in [2.75, 3.05) is 0 Å². The van der Waals surface area contributed by atoms with E-state index in [4.69, 9.17) is 4.99 Å². The largest absolute Gasteiger partial charge is 0.360 e. The minimum atomic E-state index is 0.521. The van der Waals surface area contributed by atoms with Crippen molar-refractivity contribution in [3.63, 3.8) is 0 Å². The third kappa shape index (κ3) is 3.41. The highest BCUT2D eigenvalue weighted by molar-refractivity contribution is 5.79. The highest BCUT2D eigenvalue weighted by Crippen LogP contribution is 2.20. The summed E-state index contributed by atoms with van der Waals surface area (Å²) in [6.45, 7) is 0. The van der Waals surface area contributed by atoms with Crippen LogP contribution in [0.4, 0.5) is 0 Å². The Morgan fingerprint density at radius 3 is 2.50 bits per heavy atom. The van der Waals surface area contributed by atoms with E-state index in [9.17, 15) is 0 Å². The van der Waals surface area contributed by atoms with Crippen molar-refractivity contribution in [1.82, 2.24) is 9.97 Å². The molecule has 2 aromatic rings. The molecule has 3 rings (SSSR count). The van der Waals surface area contributed by atoms with E-state index in [1.165, 1.54) is 44.9 Å². The smallest absolute Gasteiger partial charge is 0.0624 e. The van der Waals surface area contributed by atoms with Crippen LogP contribution >= 0.6 is 0 Å². The lowest BCUT2D eigenvalue weighted by molar-refractivity contribution is 0.456. The zero-order valence-electron chi connectivity index (χ0n) is 11.9. The molecule has 0 unspecified atom stereocenters. The predicted molar refractivity (Wildman–Crippen MR) is 84.3 cm³/mol. The molecule has 1 aliphatic carbocycles. The van der Waals surface area contributed by atoms with Gasteiger partial charge in [-0.15, -0.1) is 0 Å². The van der Waals surface area contributed by atoms with Crippen LogP contribution in [0.1, 0.15) is 50.6 Å². The van der Waals surface area contributed by atoms with Gasteiger partial charge in [0, 0.05) is 12.4 Å². The van der Waals surface area contributed by atoms with Crippen LogP contribution in [0.5, 0.6) is 0 Å². The van der Waals surface area contributed by atoms with Crippen LogP contribution in [0, 0.1) is 0 Å². The molecule has 1 aliphatic rings. The van der Waals surface area contributed by atoms with Gasteiger partial charge in [0.15, 0.2) is 0 Å².